The summed E-state index contributed by atoms with van der Waals surface area (Å²) >= 11 is 5.90. The molecule has 2 heterocycles. The Morgan fingerprint density at radius 3 is 2.71 bits per heavy atom. The van der Waals surface area contributed by atoms with E-state index >= 15 is 0 Å². The molecule has 4 rings (SSSR count). The zero-order valence-corrected chi connectivity index (χ0v) is 15.8. The lowest BCUT2D eigenvalue weighted by molar-refractivity contribution is 0.102. The van der Waals surface area contributed by atoms with Crippen LogP contribution >= 0.6 is 11.6 Å². The number of benzene rings is 2. The Balaban J connectivity index is 1.47. The molecule has 7 heteroatoms. The van der Waals surface area contributed by atoms with E-state index < -0.39 is 0 Å². The number of methoxy groups -OCH3 is 1. The van der Waals surface area contributed by atoms with Crippen LogP contribution in [0.2, 0.25) is 5.02 Å². The van der Waals surface area contributed by atoms with E-state index in [2.05, 4.69) is 15.4 Å². The molecule has 6 nitrogen and oxygen atoms in total. The first-order valence-electron chi connectivity index (χ1n) is 8.63. The van der Waals surface area contributed by atoms with Gasteiger partial charge in [-0.2, -0.15) is 5.10 Å². The highest BCUT2D eigenvalue weighted by atomic mass is 35.5. The lowest BCUT2D eigenvalue weighted by atomic mass is 10.1. The van der Waals surface area contributed by atoms with Gasteiger partial charge in [0.1, 0.15) is 11.4 Å². The highest BCUT2D eigenvalue weighted by Gasteiger charge is 2.10. The first-order chi connectivity index (χ1) is 13.6. The molecule has 28 heavy (non-hydrogen) atoms. The van der Waals surface area contributed by atoms with E-state index in [-0.39, 0.29) is 5.91 Å². The van der Waals surface area contributed by atoms with E-state index in [9.17, 15) is 4.79 Å². The summed E-state index contributed by atoms with van der Waals surface area (Å²) in [6.07, 6.45) is 5.05. The zero-order valence-electron chi connectivity index (χ0n) is 15.1. The second kappa shape index (κ2) is 7.70. The number of amides is 1. The second-order valence-electron chi connectivity index (χ2n) is 6.29. The van der Waals surface area contributed by atoms with Crippen LogP contribution in [0.1, 0.15) is 16.1 Å². The van der Waals surface area contributed by atoms with Crippen molar-refractivity contribution in [2.75, 3.05) is 12.4 Å². The molecule has 2 aromatic heterocycles. The summed E-state index contributed by atoms with van der Waals surface area (Å²) in [5.74, 6) is 0.461. The quantitative estimate of drug-likeness (QED) is 0.546. The van der Waals surface area contributed by atoms with Crippen LogP contribution in [0.3, 0.4) is 0 Å². The van der Waals surface area contributed by atoms with Crippen molar-refractivity contribution < 1.29 is 9.53 Å². The van der Waals surface area contributed by atoms with Crippen molar-refractivity contribution in [2.45, 2.75) is 6.54 Å². The Hall–Kier alpha value is -3.38. The molecule has 0 aliphatic heterocycles. The van der Waals surface area contributed by atoms with Crippen LogP contribution in [0.5, 0.6) is 5.75 Å². The minimum absolute atomic E-state index is 0.288. The number of pyridine rings is 1. The van der Waals surface area contributed by atoms with Crippen LogP contribution < -0.4 is 10.1 Å². The Kier molecular flexibility index (Phi) is 4.95. The Bertz CT molecular complexity index is 1140. The van der Waals surface area contributed by atoms with Crippen molar-refractivity contribution in [3.05, 3.63) is 83.4 Å². The van der Waals surface area contributed by atoms with Crippen molar-refractivity contribution in [3.8, 4) is 5.75 Å². The summed E-state index contributed by atoms with van der Waals surface area (Å²) in [5.41, 5.74) is 2.01. The average Bonchev–Trinajstić information content (AvgIpc) is 3.15. The maximum absolute atomic E-state index is 12.5. The number of halogens is 1. The van der Waals surface area contributed by atoms with Crippen molar-refractivity contribution in [2.24, 2.45) is 0 Å². The van der Waals surface area contributed by atoms with Gasteiger partial charge in [0.2, 0.25) is 0 Å². The number of nitrogens with one attached hydrogen (secondary N) is 1. The highest BCUT2D eigenvalue weighted by molar-refractivity contribution is 6.30. The van der Waals surface area contributed by atoms with Crippen LogP contribution in [-0.2, 0) is 6.54 Å². The fraction of sp³-hybridized carbons (Fsp3) is 0.0952. The smallest absolute Gasteiger partial charge is 0.274 e. The third-order valence-electron chi connectivity index (χ3n) is 4.31. The molecule has 0 unspecified atom stereocenters. The molecule has 0 aliphatic carbocycles. The first kappa shape index (κ1) is 18.0. The van der Waals surface area contributed by atoms with Crippen LogP contribution in [0.25, 0.3) is 10.8 Å². The predicted octanol–water partition coefficient (Wildman–Crippen LogP) is 4.39. The lowest BCUT2D eigenvalue weighted by Crippen LogP contribution is -2.13. The molecule has 0 aliphatic rings. The fourth-order valence-corrected chi connectivity index (χ4v) is 2.98. The molecular weight excluding hydrogens is 376 g/mol. The SMILES string of the molecule is COc1ccc2cc(C(=O)Nc3cnn(Cc4ccc(Cl)cc4)c3)ncc2c1. The maximum Gasteiger partial charge on any atom is 0.274 e. The minimum Gasteiger partial charge on any atom is -0.497 e. The van der Waals surface area contributed by atoms with Gasteiger partial charge in [-0.05, 0) is 41.3 Å². The molecule has 0 saturated heterocycles. The third-order valence-corrected chi connectivity index (χ3v) is 4.56. The van der Waals surface area contributed by atoms with E-state index in [1.54, 1.807) is 36.4 Å². The number of fused-ring (bicyclic) bond motifs is 1. The van der Waals surface area contributed by atoms with Gasteiger partial charge in [-0.1, -0.05) is 29.8 Å². The Morgan fingerprint density at radius 1 is 1.11 bits per heavy atom. The molecule has 0 fully saturated rings. The molecule has 140 valence electrons. The number of carbonyl (C=O) groups excluding carboxylic acids is 1. The van der Waals surface area contributed by atoms with Crippen molar-refractivity contribution in [1.29, 1.82) is 0 Å². The summed E-state index contributed by atoms with van der Waals surface area (Å²) in [6.45, 7) is 0.586. The Morgan fingerprint density at radius 2 is 1.93 bits per heavy atom. The van der Waals surface area contributed by atoms with Crippen molar-refractivity contribution in [3.63, 3.8) is 0 Å². The van der Waals surface area contributed by atoms with Gasteiger partial charge >= 0.3 is 0 Å². The molecule has 4 aromatic rings. The van der Waals surface area contributed by atoms with E-state index in [4.69, 9.17) is 16.3 Å². The summed E-state index contributed by atoms with van der Waals surface area (Å²) in [6, 6.07) is 14.9. The van der Waals surface area contributed by atoms with Gasteiger partial charge in [0, 0.05) is 22.8 Å². The van der Waals surface area contributed by atoms with Gasteiger partial charge in [0.25, 0.3) is 5.91 Å². The summed E-state index contributed by atoms with van der Waals surface area (Å²) in [5, 5.41) is 9.63. The molecule has 0 atom stereocenters. The van der Waals surface area contributed by atoms with Gasteiger partial charge in [-0.25, -0.2) is 0 Å². The van der Waals surface area contributed by atoms with E-state index in [0.717, 1.165) is 22.1 Å². The minimum atomic E-state index is -0.288. The average molecular weight is 393 g/mol. The molecule has 2 aromatic carbocycles. The van der Waals surface area contributed by atoms with Crippen LogP contribution in [0.15, 0.2) is 67.1 Å². The standard InChI is InChI=1S/C21H17ClN4O2/c1-28-19-7-4-15-9-20(23-10-16(15)8-19)21(27)25-18-11-24-26(13-18)12-14-2-5-17(22)6-3-14/h2-11,13H,12H2,1H3,(H,25,27). The van der Waals surface area contributed by atoms with E-state index in [0.29, 0.717) is 22.9 Å². The van der Waals surface area contributed by atoms with Gasteiger partial charge in [0.05, 0.1) is 25.5 Å². The highest BCUT2D eigenvalue weighted by Crippen LogP contribution is 2.21. The lowest BCUT2D eigenvalue weighted by Gasteiger charge is -2.05. The van der Waals surface area contributed by atoms with Crippen LogP contribution in [-0.4, -0.2) is 27.8 Å². The topological polar surface area (TPSA) is 69.0 Å². The maximum atomic E-state index is 12.5. The normalized spacial score (nSPS) is 10.8. The number of rotatable bonds is 5. The molecule has 0 bridgehead atoms. The van der Waals surface area contributed by atoms with Crippen molar-refractivity contribution in [1.82, 2.24) is 14.8 Å². The van der Waals surface area contributed by atoms with Crippen molar-refractivity contribution >= 4 is 34.0 Å². The number of hydrogen-bond acceptors (Lipinski definition) is 4. The molecule has 1 N–H and O–H groups in total. The number of nitrogens with zero attached hydrogens (tertiary/aromatic N) is 3. The number of hydrogen-bond donors (Lipinski definition) is 1. The summed E-state index contributed by atoms with van der Waals surface area (Å²) < 4.78 is 6.96. The molecule has 0 saturated carbocycles. The molecular formula is C21H17ClN4O2. The number of anilines is 1. The van der Waals surface area contributed by atoms with Crippen LogP contribution in [0, 0.1) is 0 Å². The molecule has 1 amide bonds. The summed E-state index contributed by atoms with van der Waals surface area (Å²) in [7, 11) is 1.61. The van der Waals surface area contributed by atoms with Gasteiger partial charge in [0.15, 0.2) is 0 Å². The zero-order chi connectivity index (χ0) is 19.5. The molecule has 0 spiro atoms. The van der Waals surface area contributed by atoms with E-state index in [1.807, 2.05) is 42.5 Å². The number of carbonyl (C=O) groups is 1. The summed E-state index contributed by atoms with van der Waals surface area (Å²) in [4.78, 5) is 16.8. The van der Waals surface area contributed by atoms with E-state index in [1.165, 1.54) is 0 Å². The largest absolute Gasteiger partial charge is 0.497 e. The second-order valence-corrected chi connectivity index (χ2v) is 6.73. The number of ether oxygens (including phenoxy) is 1. The monoisotopic (exact) mass is 392 g/mol. The van der Waals surface area contributed by atoms with Gasteiger partial charge in [-0.15, -0.1) is 0 Å². The third kappa shape index (κ3) is 3.97. The van der Waals surface area contributed by atoms with Crippen LogP contribution in [0.4, 0.5) is 5.69 Å². The fourth-order valence-electron chi connectivity index (χ4n) is 2.86. The Labute approximate surface area is 166 Å². The predicted molar refractivity (Wildman–Crippen MR) is 109 cm³/mol. The molecule has 0 radical (unpaired) electrons. The van der Waals surface area contributed by atoms with Gasteiger partial charge < -0.3 is 10.1 Å². The number of aromatic nitrogens is 3. The first-order valence-corrected chi connectivity index (χ1v) is 9.00. The van der Waals surface area contributed by atoms with Gasteiger partial charge in [-0.3, -0.25) is 14.5 Å².